The van der Waals surface area contributed by atoms with E-state index in [9.17, 15) is 18.0 Å². The summed E-state index contributed by atoms with van der Waals surface area (Å²) in [7, 11) is 0. The molecule has 0 aliphatic rings. The molecule has 0 saturated heterocycles. The number of hydrogen-bond acceptors (Lipinski definition) is 3. The van der Waals surface area contributed by atoms with Crippen LogP contribution in [0.5, 0.6) is 0 Å². The van der Waals surface area contributed by atoms with Crippen molar-refractivity contribution in [1.82, 2.24) is 4.98 Å². The maximum absolute atomic E-state index is 12.1. The van der Waals surface area contributed by atoms with Crippen LogP contribution in [0.3, 0.4) is 0 Å². The van der Waals surface area contributed by atoms with Gasteiger partial charge in [0.15, 0.2) is 0 Å². The van der Waals surface area contributed by atoms with Gasteiger partial charge in [0, 0.05) is 11.3 Å². The van der Waals surface area contributed by atoms with Gasteiger partial charge < -0.3 is 9.73 Å². The van der Waals surface area contributed by atoms with Crippen molar-refractivity contribution in [2.75, 3.05) is 5.32 Å². The van der Waals surface area contributed by atoms with Crippen LogP contribution in [-0.4, -0.2) is 17.1 Å². The van der Waals surface area contributed by atoms with Crippen LogP contribution in [0.1, 0.15) is 12.1 Å². The van der Waals surface area contributed by atoms with Gasteiger partial charge in [0.2, 0.25) is 11.8 Å². The number of alkyl halides is 3. The zero-order chi connectivity index (χ0) is 14.8. The van der Waals surface area contributed by atoms with Gasteiger partial charge in [-0.2, -0.15) is 13.2 Å². The van der Waals surface area contributed by atoms with E-state index in [1.807, 2.05) is 0 Å². The molecule has 1 aromatic carbocycles. The van der Waals surface area contributed by atoms with Gasteiger partial charge in [0.05, 0.1) is 5.69 Å². The van der Waals surface area contributed by atoms with E-state index in [1.54, 1.807) is 19.1 Å². The van der Waals surface area contributed by atoms with E-state index < -0.39 is 18.5 Å². The third kappa shape index (κ3) is 3.84. The summed E-state index contributed by atoms with van der Waals surface area (Å²) in [5.74, 6) is -0.771. The predicted octanol–water partition coefficient (Wildman–Crippen LogP) is 3.54. The second-order valence-electron chi connectivity index (χ2n) is 4.21. The third-order valence-electron chi connectivity index (χ3n) is 2.37. The topological polar surface area (TPSA) is 55.1 Å². The van der Waals surface area contributed by atoms with Gasteiger partial charge in [-0.15, -0.1) is 0 Å². The number of anilines is 1. The van der Waals surface area contributed by atoms with E-state index in [1.165, 1.54) is 18.4 Å². The number of amides is 1. The molecule has 2 rings (SSSR count). The van der Waals surface area contributed by atoms with Crippen LogP contribution in [0, 0.1) is 6.92 Å². The minimum absolute atomic E-state index is 0.257. The van der Waals surface area contributed by atoms with Gasteiger partial charge in [-0.05, 0) is 25.1 Å². The Labute approximate surface area is 112 Å². The molecule has 0 bridgehead atoms. The van der Waals surface area contributed by atoms with Gasteiger partial charge in [0.1, 0.15) is 12.7 Å². The Morgan fingerprint density at radius 1 is 1.40 bits per heavy atom. The molecule has 0 unspecified atom stereocenters. The Hall–Kier alpha value is -2.31. The second-order valence-corrected chi connectivity index (χ2v) is 4.21. The zero-order valence-corrected chi connectivity index (χ0v) is 10.5. The molecule has 1 N–H and O–H groups in total. The number of halogens is 3. The summed E-state index contributed by atoms with van der Waals surface area (Å²) in [6.07, 6.45) is -4.58. The van der Waals surface area contributed by atoms with Crippen molar-refractivity contribution < 1.29 is 22.4 Å². The number of oxazole rings is 1. The molecular weight excluding hydrogens is 273 g/mol. The lowest BCUT2D eigenvalue weighted by Crippen LogP contribution is -2.21. The number of nitrogens with one attached hydrogen (secondary N) is 1. The fraction of sp³-hybridized carbons (Fsp3) is 0.231. The summed E-state index contributed by atoms with van der Waals surface area (Å²) in [6, 6.07) is 6.27. The molecule has 0 aliphatic carbocycles. The second kappa shape index (κ2) is 5.36. The van der Waals surface area contributed by atoms with Crippen LogP contribution in [-0.2, 0) is 4.79 Å². The Morgan fingerprint density at radius 2 is 2.15 bits per heavy atom. The summed E-state index contributed by atoms with van der Waals surface area (Å²) in [5, 5.41) is 2.19. The van der Waals surface area contributed by atoms with Gasteiger partial charge in [0.25, 0.3) is 0 Å². The maximum atomic E-state index is 12.1. The number of aromatic nitrogens is 1. The van der Waals surface area contributed by atoms with Crippen LogP contribution in [0.15, 0.2) is 34.9 Å². The van der Waals surface area contributed by atoms with Crippen molar-refractivity contribution in [2.45, 2.75) is 19.5 Å². The molecule has 1 aromatic heterocycles. The van der Waals surface area contributed by atoms with Crippen LogP contribution in [0.25, 0.3) is 11.5 Å². The monoisotopic (exact) mass is 284 g/mol. The zero-order valence-electron chi connectivity index (χ0n) is 10.5. The molecule has 1 amide bonds. The maximum Gasteiger partial charge on any atom is 0.397 e. The smallest absolute Gasteiger partial charge is 0.397 e. The van der Waals surface area contributed by atoms with Crippen molar-refractivity contribution in [3.8, 4) is 11.5 Å². The fourth-order valence-electron chi connectivity index (χ4n) is 1.60. The quantitative estimate of drug-likeness (QED) is 0.937. The Bertz CT molecular complexity index is 620. The first-order valence-electron chi connectivity index (χ1n) is 5.73. The average Bonchev–Trinajstić information content (AvgIpc) is 2.73. The van der Waals surface area contributed by atoms with Crippen molar-refractivity contribution in [1.29, 1.82) is 0 Å². The summed E-state index contributed by atoms with van der Waals surface area (Å²) in [6.45, 7) is 1.75. The molecule has 2 aromatic rings. The predicted molar refractivity (Wildman–Crippen MR) is 66.0 cm³/mol. The van der Waals surface area contributed by atoms with E-state index in [0.717, 1.165) is 0 Å². The summed E-state index contributed by atoms with van der Waals surface area (Å²) < 4.78 is 41.4. The molecule has 0 aliphatic heterocycles. The van der Waals surface area contributed by atoms with Gasteiger partial charge in [-0.1, -0.05) is 6.07 Å². The molecule has 0 spiro atoms. The van der Waals surface area contributed by atoms with Gasteiger partial charge in [-0.3, -0.25) is 4.79 Å². The highest BCUT2D eigenvalue weighted by molar-refractivity contribution is 5.91. The molecule has 0 atom stereocenters. The minimum atomic E-state index is -4.53. The third-order valence-corrected chi connectivity index (χ3v) is 2.37. The first-order valence-corrected chi connectivity index (χ1v) is 5.73. The first kappa shape index (κ1) is 14.1. The largest absolute Gasteiger partial charge is 0.444 e. The van der Waals surface area contributed by atoms with Crippen molar-refractivity contribution in [3.63, 3.8) is 0 Å². The van der Waals surface area contributed by atoms with E-state index >= 15 is 0 Å². The molecular formula is C13H11F3N2O2. The standard InChI is InChI=1S/C13H11F3N2O2/c1-8-7-20-12(17-8)9-3-2-4-10(5-9)18-11(19)6-13(14,15)16/h2-5,7H,6H2,1H3,(H,18,19). The van der Waals surface area contributed by atoms with Crippen molar-refractivity contribution >= 4 is 11.6 Å². The molecule has 0 radical (unpaired) electrons. The highest BCUT2D eigenvalue weighted by Crippen LogP contribution is 2.24. The van der Waals surface area contributed by atoms with Crippen LogP contribution >= 0.6 is 0 Å². The highest BCUT2D eigenvalue weighted by atomic mass is 19.4. The number of benzene rings is 1. The highest BCUT2D eigenvalue weighted by Gasteiger charge is 2.31. The summed E-state index contributed by atoms with van der Waals surface area (Å²) >= 11 is 0. The van der Waals surface area contributed by atoms with E-state index in [0.29, 0.717) is 17.1 Å². The number of carbonyl (C=O) groups excluding carboxylic acids is 1. The molecule has 20 heavy (non-hydrogen) atoms. The first-order chi connectivity index (χ1) is 9.33. The lowest BCUT2D eigenvalue weighted by Gasteiger charge is -2.08. The van der Waals surface area contributed by atoms with Crippen molar-refractivity contribution in [3.05, 3.63) is 36.2 Å². The number of nitrogens with zero attached hydrogens (tertiary/aromatic N) is 1. The van der Waals surface area contributed by atoms with Crippen LogP contribution in [0.4, 0.5) is 18.9 Å². The molecule has 4 nitrogen and oxygen atoms in total. The normalized spacial score (nSPS) is 11.4. The molecule has 0 fully saturated rings. The van der Waals surface area contributed by atoms with E-state index in [2.05, 4.69) is 10.3 Å². The Balaban J connectivity index is 2.12. The molecule has 106 valence electrons. The molecule has 7 heteroatoms. The summed E-state index contributed by atoms with van der Waals surface area (Å²) in [4.78, 5) is 15.3. The average molecular weight is 284 g/mol. The van der Waals surface area contributed by atoms with E-state index in [4.69, 9.17) is 4.42 Å². The fourth-order valence-corrected chi connectivity index (χ4v) is 1.60. The van der Waals surface area contributed by atoms with Gasteiger partial charge >= 0.3 is 6.18 Å². The number of hydrogen-bond donors (Lipinski definition) is 1. The Kier molecular flexibility index (Phi) is 3.78. The minimum Gasteiger partial charge on any atom is -0.444 e. The molecule has 0 saturated carbocycles. The Morgan fingerprint density at radius 3 is 2.75 bits per heavy atom. The number of rotatable bonds is 3. The number of carbonyl (C=O) groups is 1. The molecule has 1 heterocycles. The van der Waals surface area contributed by atoms with Crippen LogP contribution < -0.4 is 5.32 Å². The lowest BCUT2D eigenvalue weighted by atomic mass is 10.2. The van der Waals surface area contributed by atoms with Crippen LogP contribution in [0.2, 0.25) is 0 Å². The number of aryl methyl sites for hydroxylation is 1. The lowest BCUT2D eigenvalue weighted by molar-refractivity contribution is -0.150. The van der Waals surface area contributed by atoms with E-state index in [-0.39, 0.29) is 5.69 Å². The summed E-state index contributed by atoms with van der Waals surface area (Å²) in [5.41, 5.74) is 1.52. The SMILES string of the molecule is Cc1coc(-c2cccc(NC(=O)CC(F)(F)F)c2)n1. The van der Waals surface area contributed by atoms with Crippen molar-refractivity contribution in [2.24, 2.45) is 0 Å². The van der Waals surface area contributed by atoms with Gasteiger partial charge in [-0.25, -0.2) is 4.98 Å².